The van der Waals surface area contributed by atoms with Crippen LogP contribution in [0.3, 0.4) is 0 Å². The Bertz CT molecular complexity index is 824. The number of fused-ring (bicyclic) bond motifs is 5. The third kappa shape index (κ3) is 2.25. The maximum atomic E-state index is 12.2. The Morgan fingerprint density at radius 1 is 0.931 bits per heavy atom. The molecule has 162 valence electrons. The van der Waals surface area contributed by atoms with Crippen molar-refractivity contribution in [1.29, 1.82) is 0 Å². The summed E-state index contributed by atoms with van der Waals surface area (Å²) in [6.45, 7) is 4.29. The molecule has 29 heavy (non-hydrogen) atoms. The fourth-order valence-electron chi connectivity index (χ4n) is 8.43. The van der Waals surface area contributed by atoms with Gasteiger partial charge >= 0.3 is 0 Å². The first-order chi connectivity index (χ1) is 13.5. The van der Waals surface area contributed by atoms with Crippen molar-refractivity contribution in [3.05, 3.63) is 24.0 Å². The van der Waals surface area contributed by atoms with Crippen molar-refractivity contribution in [3.8, 4) is 0 Å². The summed E-state index contributed by atoms with van der Waals surface area (Å²) < 4.78 is 1.97. The third-order valence-electron chi connectivity index (χ3n) is 10.4. The molecule has 8 atom stereocenters. The molecule has 0 unspecified atom stereocenters. The van der Waals surface area contributed by atoms with Crippen LogP contribution >= 0.6 is 0 Å². The van der Waals surface area contributed by atoms with Crippen LogP contribution in [0.15, 0.2) is 18.5 Å². The summed E-state index contributed by atoms with van der Waals surface area (Å²) in [5.74, 6) is 0.310. The van der Waals surface area contributed by atoms with Gasteiger partial charge in [0.2, 0.25) is 0 Å². The summed E-state index contributed by atoms with van der Waals surface area (Å²) in [5.41, 5.74) is -2.75. The van der Waals surface area contributed by atoms with Gasteiger partial charge in [-0.15, -0.1) is 0 Å². The van der Waals surface area contributed by atoms with Crippen molar-refractivity contribution >= 4 is 0 Å². The summed E-state index contributed by atoms with van der Waals surface area (Å²) in [5, 5.41) is 45.9. The number of aliphatic hydroxyl groups is 4. The van der Waals surface area contributed by atoms with Gasteiger partial charge in [-0.2, -0.15) is 0 Å². The molecule has 0 spiro atoms. The van der Waals surface area contributed by atoms with E-state index in [4.69, 9.17) is 0 Å². The zero-order chi connectivity index (χ0) is 20.9. The second-order valence-corrected chi connectivity index (χ2v) is 11.3. The van der Waals surface area contributed by atoms with Gasteiger partial charge < -0.3 is 25.0 Å². The minimum absolute atomic E-state index is 0.0829. The van der Waals surface area contributed by atoms with Crippen molar-refractivity contribution in [3.63, 3.8) is 0 Å². The van der Waals surface area contributed by atoms with E-state index in [1.54, 1.807) is 0 Å². The SMILES string of the molecule is Cn1ccc([C@]2(O)CC[C@]3(O)[C@@H]4CC[C@]5(O)C[C@@H](O)CC[C@]5(C)[C@H]4CC[C@]23C)c1. The minimum atomic E-state index is -1.02. The van der Waals surface area contributed by atoms with Crippen molar-refractivity contribution in [1.82, 2.24) is 4.57 Å². The average molecular weight is 404 g/mol. The van der Waals surface area contributed by atoms with Gasteiger partial charge in [0.15, 0.2) is 0 Å². The number of aryl methyl sites for hydroxylation is 1. The number of hydrogen-bond donors (Lipinski definition) is 4. The van der Waals surface area contributed by atoms with E-state index in [1.807, 2.05) is 30.1 Å². The van der Waals surface area contributed by atoms with Gasteiger partial charge in [0.25, 0.3) is 0 Å². The Labute approximate surface area is 173 Å². The molecule has 5 rings (SSSR count). The Hall–Kier alpha value is -0.880. The molecule has 0 radical (unpaired) electrons. The van der Waals surface area contributed by atoms with Gasteiger partial charge in [-0.25, -0.2) is 0 Å². The van der Waals surface area contributed by atoms with E-state index >= 15 is 0 Å². The largest absolute Gasteiger partial charge is 0.393 e. The zero-order valence-electron chi connectivity index (χ0n) is 18.1. The molecular formula is C24H37NO4. The smallest absolute Gasteiger partial charge is 0.0993 e. The van der Waals surface area contributed by atoms with E-state index in [1.165, 1.54) is 0 Å². The molecule has 5 heteroatoms. The van der Waals surface area contributed by atoms with E-state index in [9.17, 15) is 20.4 Å². The first-order valence-corrected chi connectivity index (χ1v) is 11.5. The van der Waals surface area contributed by atoms with Crippen LogP contribution in [0.1, 0.15) is 77.2 Å². The van der Waals surface area contributed by atoms with E-state index in [-0.39, 0.29) is 17.3 Å². The van der Waals surface area contributed by atoms with E-state index < -0.39 is 28.3 Å². The highest BCUT2D eigenvalue weighted by molar-refractivity contribution is 5.32. The molecule has 4 N–H and O–H groups in total. The molecular weight excluding hydrogens is 366 g/mol. The normalized spacial score (nSPS) is 54.5. The molecule has 4 saturated carbocycles. The van der Waals surface area contributed by atoms with Gasteiger partial charge in [0.05, 0.1) is 22.9 Å². The van der Waals surface area contributed by atoms with Crippen LogP contribution in [0.4, 0.5) is 0 Å². The quantitative estimate of drug-likeness (QED) is 0.581. The first kappa shape index (κ1) is 20.0. The second-order valence-electron chi connectivity index (χ2n) is 11.3. The summed E-state index contributed by atoms with van der Waals surface area (Å²) in [4.78, 5) is 0. The lowest BCUT2D eigenvalue weighted by atomic mass is 9.41. The molecule has 0 bridgehead atoms. The van der Waals surface area contributed by atoms with Crippen molar-refractivity contribution in [2.45, 2.75) is 94.5 Å². The summed E-state index contributed by atoms with van der Waals surface area (Å²) in [6, 6.07) is 1.99. The first-order valence-electron chi connectivity index (χ1n) is 11.5. The predicted molar refractivity (Wildman–Crippen MR) is 110 cm³/mol. The number of hydrogen-bond acceptors (Lipinski definition) is 4. The lowest BCUT2D eigenvalue weighted by Crippen LogP contribution is -2.68. The van der Waals surface area contributed by atoms with Gasteiger partial charge in [-0.3, -0.25) is 0 Å². The fraction of sp³-hybridized carbons (Fsp3) is 0.833. The topological polar surface area (TPSA) is 85.9 Å². The zero-order valence-corrected chi connectivity index (χ0v) is 18.1. The number of aliphatic hydroxyl groups excluding tert-OH is 1. The molecule has 0 aliphatic heterocycles. The molecule has 0 aromatic carbocycles. The Balaban J connectivity index is 1.54. The van der Waals surface area contributed by atoms with E-state index in [2.05, 4.69) is 13.8 Å². The highest BCUT2D eigenvalue weighted by Gasteiger charge is 2.73. The van der Waals surface area contributed by atoms with Crippen LogP contribution in [0.5, 0.6) is 0 Å². The van der Waals surface area contributed by atoms with Crippen LogP contribution in [0.2, 0.25) is 0 Å². The van der Waals surface area contributed by atoms with Gasteiger partial charge in [-0.05, 0) is 74.7 Å². The average Bonchev–Trinajstić information content (AvgIpc) is 3.18. The molecule has 5 nitrogen and oxygen atoms in total. The highest BCUT2D eigenvalue weighted by Crippen LogP contribution is 2.72. The monoisotopic (exact) mass is 403 g/mol. The molecule has 0 amide bonds. The van der Waals surface area contributed by atoms with Crippen LogP contribution in [0.25, 0.3) is 0 Å². The number of rotatable bonds is 1. The van der Waals surface area contributed by atoms with Crippen LogP contribution < -0.4 is 0 Å². The molecule has 1 heterocycles. The molecule has 0 saturated heterocycles. The Morgan fingerprint density at radius 3 is 2.34 bits per heavy atom. The van der Waals surface area contributed by atoms with Gasteiger partial charge in [0, 0.05) is 36.8 Å². The van der Waals surface area contributed by atoms with Crippen molar-refractivity contribution < 1.29 is 20.4 Å². The number of aromatic nitrogens is 1. The highest BCUT2D eigenvalue weighted by atomic mass is 16.3. The Morgan fingerprint density at radius 2 is 1.66 bits per heavy atom. The standard InChI is InChI=1S/C24H37NO4/c1-20-8-4-17(26)14-22(20,27)10-6-19-18(20)5-9-21(2)23(28,11-12-24(19,21)29)16-7-13-25(3)15-16/h7,13,15,17-19,26-29H,4-6,8-12,14H2,1-3H3/t17-,18-,19+,20+,21+,22-,23+,24-/m0/s1. The lowest BCUT2D eigenvalue weighted by molar-refractivity contribution is -0.270. The van der Waals surface area contributed by atoms with Gasteiger partial charge in [-0.1, -0.05) is 13.8 Å². The summed E-state index contributed by atoms with van der Waals surface area (Å²) in [7, 11) is 1.97. The molecule has 1 aromatic rings. The molecule has 4 aliphatic carbocycles. The maximum Gasteiger partial charge on any atom is 0.0993 e. The van der Waals surface area contributed by atoms with E-state index in [0.29, 0.717) is 25.7 Å². The summed E-state index contributed by atoms with van der Waals surface area (Å²) in [6.07, 6.45) is 9.77. The van der Waals surface area contributed by atoms with Crippen molar-refractivity contribution in [2.75, 3.05) is 0 Å². The van der Waals surface area contributed by atoms with E-state index in [0.717, 1.165) is 37.7 Å². The van der Waals surface area contributed by atoms with Gasteiger partial charge in [0.1, 0.15) is 0 Å². The lowest BCUT2D eigenvalue weighted by Gasteiger charge is -2.66. The molecule has 4 aliphatic rings. The Kier molecular flexibility index (Phi) is 4.06. The van der Waals surface area contributed by atoms with Crippen LogP contribution in [-0.4, -0.2) is 42.3 Å². The van der Waals surface area contributed by atoms with Crippen molar-refractivity contribution in [2.24, 2.45) is 29.7 Å². The third-order valence-corrected chi connectivity index (χ3v) is 10.4. The minimum Gasteiger partial charge on any atom is -0.393 e. The second kappa shape index (κ2) is 5.87. The predicted octanol–water partition coefficient (Wildman–Crippen LogP) is 2.85. The molecule has 4 fully saturated rings. The number of nitrogens with zero attached hydrogens (tertiary/aromatic N) is 1. The maximum absolute atomic E-state index is 12.2. The molecule has 1 aromatic heterocycles. The fourth-order valence-corrected chi connectivity index (χ4v) is 8.43. The van der Waals surface area contributed by atoms with Crippen LogP contribution in [-0.2, 0) is 12.6 Å². The van der Waals surface area contributed by atoms with Crippen LogP contribution in [0, 0.1) is 22.7 Å². The summed E-state index contributed by atoms with van der Waals surface area (Å²) >= 11 is 0.